The van der Waals surface area contributed by atoms with Crippen LogP contribution in [0.2, 0.25) is 0 Å². The predicted molar refractivity (Wildman–Crippen MR) is 165 cm³/mol. The lowest BCUT2D eigenvalue weighted by molar-refractivity contribution is -0.137. The summed E-state index contributed by atoms with van der Waals surface area (Å²) in [7, 11) is 0. The van der Waals surface area contributed by atoms with Crippen LogP contribution in [0.15, 0.2) is 36.5 Å². The zero-order valence-electron chi connectivity index (χ0n) is 25.2. The fraction of sp³-hybridized carbons (Fsp3) is 0.800. The van der Waals surface area contributed by atoms with E-state index in [-0.39, 0.29) is 5.97 Å². The zero-order valence-corrected chi connectivity index (χ0v) is 25.2. The quantitative estimate of drug-likeness (QED) is 0.0427. The molecule has 216 valence electrons. The third-order valence-electron chi connectivity index (χ3n) is 7.17. The van der Waals surface area contributed by atoms with E-state index < -0.39 is 0 Å². The van der Waals surface area contributed by atoms with Crippen molar-refractivity contribution < 1.29 is 9.53 Å². The molecule has 0 aromatic heterocycles. The molecule has 0 heterocycles. The van der Waals surface area contributed by atoms with Gasteiger partial charge in [0.2, 0.25) is 0 Å². The summed E-state index contributed by atoms with van der Waals surface area (Å²) in [5.74, 6) is -0.228. The number of allylic oxidation sites excluding steroid dienone is 5. The molecule has 0 fully saturated rings. The molecular formula is C35H64O2. The summed E-state index contributed by atoms with van der Waals surface area (Å²) >= 11 is 0. The number of unbranched alkanes of at least 4 members (excludes halogenated alkanes) is 23. The van der Waals surface area contributed by atoms with E-state index in [1.54, 1.807) is 6.08 Å². The fourth-order valence-electron chi connectivity index (χ4n) is 4.70. The third kappa shape index (κ3) is 32.7. The molecule has 0 aliphatic heterocycles. The van der Waals surface area contributed by atoms with E-state index in [4.69, 9.17) is 4.74 Å². The highest BCUT2D eigenvalue weighted by atomic mass is 16.5. The van der Waals surface area contributed by atoms with Gasteiger partial charge in [0.25, 0.3) is 0 Å². The van der Waals surface area contributed by atoms with Gasteiger partial charge in [0.1, 0.15) is 0 Å². The van der Waals surface area contributed by atoms with Gasteiger partial charge in [-0.3, -0.25) is 0 Å². The van der Waals surface area contributed by atoms with Crippen LogP contribution in [0.1, 0.15) is 174 Å². The molecule has 37 heavy (non-hydrogen) atoms. The Bertz CT molecular complexity index is 531. The van der Waals surface area contributed by atoms with E-state index in [0.29, 0.717) is 6.61 Å². The van der Waals surface area contributed by atoms with Crippen molar-refractivity contribution in [3.8, 4) is 0 Å². The van der Waals surface area contributed by atoms with Crippen molar-refractivity contribution in [2.24, 2.45) is 0 Å². The van der Waals surface area contributed by atoms with Crippen molar-refractivity contribution in [1.82, 2.24) is 0 Å². The Kier molecular flexibility index (Phi) is 31.6. The summed E-state index contributed by atoms with van der Waals surface area (Å²) in [5, 5.41) is 0. The van der Waals surface area contributed by atoms with E-state index in [1.165, 1.54) is 147 Å². The van der Waals surface area contributed by atoms with Crippen molar-refractivity contribution in [2.45, 2.75) is 174 Å². The van der Waals surface area contributed by atoms with Crippen LogP contribution in [0.5, 0.6) is 0 Å². The van der Waals surface area contributed by atoms with Gasteiger partial charge in [-0.05, 0) is 19.3 Å². The van der Waals surface area contributed by atoms with Crippen LogP contribution in [-0.4, -0.2) is 12.6 Å². The summed E-state index contributed by atoms with van der Waals surface area (Å²) in [6.07, 6.45) is 45.2. The van der Waals surface area contributed by atoms with Gasteiger partial charge >= 0.3 is 5.97 Å². The van der Waals surface area contributed by atoms with E-state index in [0.717, 1.165) is 19.3 Å². The van der Waals surface area contributed by atoms with Crippen LogP contribution in [0.25, 0.3) is 0 Å². The van der Waals surface area contributed by atoms with Crippen molar-refractivity contribution in [3.05, 3.63) is 36.5 Å². The molecule has 0 aliphatic carbocycles. The van der Waals surface area contributed by atoms with Crippen molar-refractivity contribution in [2.75, 3.05) is 6.61 Å². The van der Waals surface area contributed by atoms with Crippen LogP contribution in [0.4, 0.5) is 0 Å². The number of hydrogen-bond donors (Lipinski definition) is 0. The van der Waals surface area contributed by atoms with Gasteiger partial charge < -0.3 is 4.74 Å². The Balaban J connectivity index is 3.36. The van der Waals surface area contributed by atoms with E-state index in [2.05, 4.69) is 26.0 Å². The number of esters is 1. The van der Waals surface area contributed by atoms with Crippen LogP contribution in [-0.2, 0) is 9.53 Å². The lowest BCUT2D eigenvalue weighted by Gasteiger charge is -2.03. The van der Waals surface area contributed by atoms with Gasteiger partial charge in [-0.25, -0.2) is 4.79 Å². The Morgan fingerprint density at radius 2 is 0.838 bits per heavy atom. The highest BCUT2D eigenvalue weighted by molar-refractivity contribution is 5.82. The number of hydrogen-bond acceptors (Lipinski definition) is 2. The topological polar surface area (TPSA) is 26.3 Å². The third-order valence-corrected chi connectivity index (χ3v) is 7.17. The Morgan fingerprint density at radius 1 is 0.459 bits per heavy atom. The average Bonchev–Trinajstić information content (AvgIpc) is 2.90. The summed E-state index contributed by atoms with van der Waals surface area (Å²) in [6.45, 7) is 5.10. The molecule has 0 bridgehead atoms. The van der Waals surface area contributed by atoms with E-state index >= 15 is 0 Å². The largest absolute Gasteiger partial charge is 0.463 e. The lowest BCUT2D eigenvalue weighted by Crippen LogP contribution is -2.02. The molecule has 0 aromatic carbocycles. The van der Waals surface area contributed by atoms with Crippen molar-refractivity contribution in [3.63, 3.8) is 0 Å². The molecular weight excluding hydrogens is 452 g/mol. The van der Waals surface area contributed by atoms with Gasteiger partial charge in [0.15, 0.2) is 0 Å². The standard InChI is InChI=1S/C35H64O2/c1-3-5-7-9-11-13-15-17-18-19-20-21-23-25-27-29-31-33-35(36)37-34-32-30-28-26-24-22-16-14-12-10-8-6-4-2/h23,25,27,29,31,33H,3-22,24,26,28,30,32,34H2,1-2H3. The molecule has 0 aliphatic rings. The fourth-order valence-corrected chi connectivity index (χ4v) is 4.70. The highest BCUT2D eigenvalue weighted by Crippen LogP contribution is 2.13. The number of carbonyl (C=O) groups excluding carboxylic acids is 1. The second-order valence-corrected chi connectivity index (χ2v) is 10.9. The minimum atomic E-state index is -0.228. The molecule has 0 N–H and O–H groups in total. The second kappa shape index (κ2) is 32.7. The summed E-state index contributed by atoms with van der Waals surface area (Å²) < 4.78 is 5.29. The van der Waals surface area contributed by atoms with Crippen molar-refractivity contribution >= 4 is 5.97 Å². The number of rotatable bonds is 29. The number of ether oxygens (including phenoxy) is 1. The molecule has 0 saturated heterocycles. The molecule has 0 radical (unpaired) electrons. The minimum absolute atomic E-state index is 0.228. The van der Waals surface area contributed by atoms with Gasteiger partial charge in [0, 0.05) is 6.08 Å². The molecule has 0 saturated carbocycles. The first-order chi connectivity index (χ1) is 18.3. The monoisotopic (exact) mass is 516 g/mol. The predicted octanol–water partition coefficient (Wildman–Crippen LogP) is 12.0. The molecule has 0 atom stereocenters. The average molecular weight is 517 g/mol. The first kappa shape index (κ1) is 35.7. The van der Waals surface area contributed by atoms with Gasteiger partial charge in [0.05, 0.1) is 6.61 Å². The molecule has 2 heteroatoms. The molecule has 0 amide bonds. The Hall–Kier alpha value is -1.31. The molecule has 0 unspecified atom stereocenters. The summed E-state index contributed by atoms with van der Waals surface area (Å²) in [4.78, 5) is 11.8. The maximum Gasteiger partial charge on any atom is 0.330 e. The molecule has 0 spiro atoms. The highest BCUT2D eigenvalue weighted by Gasteiger charge is 1.97. The number of carbonyl (C=O) groups is 1. The van der Waals surface area contributed by atoms with Crippen LogP contribution in [0, 0.1) is 0 Å². The maximum absolute atomic E-state index is 11.8. The van der Waals surface area contributed by atoms with Crippen LogP contribution >= 0.6 is 0 Å². The lowest BCUT2D eigenvalue weighted by atomic mass is 10.0. The smallest absolute Gasteiger partial charge is 0.330 e. The molecule has 2 nitrogen and oxygen atoms in total. The summed E-state index contributed by atoms with van der Waals surface area (Å²) in [5.41, 5.74) is 0. The minimum Gasteiger partial charge on any atom is -0.463 e. The van der Waals surface area contributed by atoms with E-state index in [1.807, 2.05) is 12.2 Å². The van der Waals surface area contributed by atoms with E-state index in [9.17, 15) is 4.79 Å². The first-order valence-corrected chi connectivity index (χ1v) is 16.5. The Morgan fingerprint density at radius 3 is 1.30 bits per heavy atom. The van der Waals surface area contributed by atoms with Gasteiger partial charge in [-0.2, -0.15) is 0 Å². The molecule has 0 rings (SSSR count). The first-order valence-electron chi connectivity index (χ1n) is 16.5. The Labute approximate surface area is 232 Å². The SMILES string of the molecule is CCCCCCCCCCCCCC=CC=CC=CC(=O)OCCCCCCCCCCCCCCC. The van der Waals surface area contributed by atoms with Crippen molar-refractivity contribution in [1.29, 1.82) is 0 Å². The van der Waals surface area contributed by atoms with Crippen LogP contribution in [0.3, 0.4) is 0 Å². The van der Waals surface area contributed by atoms with Gasteiger partial charge in [-0.15, -0.1) is 0 Å². The summed E-state index contributed by atoms with van der Waals surface area (Å²) in [6, 6.07) is 0. The second-order valence-electron chi connectivity index (χ2n) is 10.9. The molecule has 0 aromatic rings. The zero-order chi connectivity index (χ0) is 26.9. The maximum atomic E-state index is 11.8. The van der Waals surface area contributed by atoms with Crippen LogP contribution < -0.4 is 0 Å². The normalized spacial score (nSPS) is 11.9. The van der Waals surface area contributed by atoms with Gasteiger partial charge in [-0.1, -0.05) is 185 Å².